The van der Waals surface area contributed by atoms with E-state index in [9.17, 15) is 8.78 Å². The smallest absolute Gasteiger partial charge is 0.131 e. The second kappa shape index (κ2) is 4.89. The van der Waals surface area contributed by atoms with E-state index in [2.05, 4.69) is 10.3 Å². The van der Waals surface area contributed by atoms with Crippen LogP contribution in [0.4, 0.5) is 8.78 Å². The molecule has 0 fully saturated rings. The highest BCUT2D eigenvalue weighted by atomic mass is 32.1. The van der Waals surface area contributed by atoms with Gasteiger partial charge in [-0.2, -0.15) is 0 Å². The molecule has 1 heterocycles. The van der Waals surface area contributed by atoms with E-state index < -0.39 is 17.7 Å². The zero-order chi connectivity index (χ0) is 12.4. The second-order valence-electron chi connectivity index (χ2n) is 3.68. The average molecular weight is 254 g/mol. The molecular formula is C12H12F2N2S. The number of hydrogen-bond acceptors (Lipinski definition) is 3. The van der Waals surface area contributed by atoms with Gasteiger partial charge in [0.1, 0.15) is 16.6 Å². The maximum atomic E-state index is 13.7. The van der Waals surface area contributed by atoms with E-state index >= 15 is 0 Å². The van der Waals surface area contributed by atoms with Gasteiger partial charge < -0.3 is 5.32 Å². The lowest BCUT2D eigenvalue weighted by Crippen LogP contribution is -2.20. The highest BCUT2D eigenvalue weighted by molar-refractivity contribution is 7.09. The minimum atomic E-state index is -0.558. The van der Waals surface area contributed by atoms with Crippen molar-refractivity contribution in [3.05, 3.63) is 51.5 Å². The van der Waals surface area contributed by atoms with Crippen LogP contribution in [0, 0.1) is 18.6 Å². The molecule has 0 aliphatic carbocycles. The normalized spacial score (nSPS) is 12.7. The Morgan fingerprint density at radius 3 is 2.41 bits per heavy atom. The van der Waals surface area contributed by atoms with Gasteiger partial charge in [-0.1, -0.05) is 6.07 Å². The zero-order valence-corrected chi connectivity index (χ0v) is 10.3. The van der Waals surface area contributed by atoms with Crippen molar-refractivity contribution in [2.45, 2.75) is 13.0 Å². The SMILES string of the molecule is CNC(c1nc(C)cs1)c1c(F)cccc1F. The first-order valence-electron chi connectivity index (χ1n) is 5.16. The number of aromatic nitrogens is 1. The number of nitrogens with one attached hydrogen (secondary N) is 1. The van der Waals surface area contributed by atoms with Crippen LogP contribution in [0.1, 0.15) is 22.3 Å². The van der Waals surface area contributed by atoms with Crippen LogP contribution < -0.4 is 5.32 Å². The minimum Gasteiger partial charge on any atom is -0.307 e. The van der Waals surface area contributed by atoms with Crippen LogP contribution in [0.3, 0.4) is 0 Å². The molecule has 1 unspecified atom stereocenters. The van der Waals surface area contributed by atoms with E-state index in [0.29, 0.717) is 5.01 Å². The van der Waals surface area contributed by atoms with Gasteiger partial charge in [0.15, 0.2) is 0 Å². The van der Waals surface area contributed by atoms with Gasteiger partial charge in [-0.15, -0.1) is 11.3 Å². The molecule has 0 radical (unpaired) electrons. The molecule has 1 aromatic carbocycles. The molecule has 1 N–H and O–H groups in total. The van der Waals surface area contributed by atoms with Crippen LogP contribution in [0.2, 0.25) is 0 Å². The van der Waals surface area contributed by atoms with Crippen molar-refractivity contribution >= 4 is 11.3 Å². The number of rotatable bonds is 3. The first-order valence-corrected chi connectivity index (χ1v) is 6.04. The highest BCUT2D eigenvalue weighted by Crippen LogP contribution is 2.28. The van der Waals surface area contributed by atoms with Gasteiger partial charge in [0.2, 0.25) is 0 Å². The minimum absolute atomic E-state index is 0.0179. The van der Waals surface area contributed by atoms with Crippen molar-refractivity contribution in [1.29, 1.82) is 0 Å². The Kier molecular flexibility index (Phi) is 3.49. The molecule has 0 spiro atoms. The second-order valence-corrected chi connectivity index (χ2v) is 4.57. The van der Waals surface area contributed by atoms with Gasteiger partial charge in [0, 0.05) is 16.6 Å². The predicted molar refractivity (Wildman–Crippen MR) is 64.1 cm³/mol. The first kappa shape index (κ1) is 12.1. The fraction of sp³-hybridized carbons (Fsp3) is 0.250. The molecule has 2 nitrogen and oxygen atoms in total. The lowest BCUT2D eigenvalue weighted by atomic mass is 10.1. The lowest BCUT2D eigenvalue weighted by molar-refractivity contribution is 0.521. The molecule has 1 aromatic heterocycles. The standard InChI is InChI=1S/C12H12F2N2S/c1-7-6-17-12(16-7)11(15-2)10-8(13)4-3-5-9(10)14/h3-6,11,15H,1-2H3. The molecule has 1 atom stereocenters. The summed E-state index contributed by atoms with van der Waals surface area (Å²) in [5.74, 6) is -1.12. The van der Waals surface area contributed by atoms with E-state index in [4.69, 9.17) is 0 Å². The van der Waals surface area contributed by atoms with Crippen LogP contribution >= 0.6 is 11.3 Å². The van der Waals surface area contributed by atoms with Crippen molar-refractivity contribution in [2.75, 3.05) is 7.05 Å². The zero-order valence-electron chi connectivity index (χ0n) is 9.50. The molecular weight excluding hydrogens is 242 g/mol. The predicted octanol–water partition coefficient (Wildman–Crippen LogP) is 3.04. The van der Waals surface area contributed by atoms with Crippen LogP contribution in [0.25, 0.3) is 0 Å². The van der Waals surface area contributed by atoms with Crippen molar-refractivity contribution < 1.29 is 8.78 Å². The molecule has 0 aliphatic heterocycles. The topological polar surface area (TPSA) is 24.9 Å². The number of aryl methyl sites for hydroxylation is 1. The molecule has 0 saturated carbocycles. The Morgan fingerprint density at radius 1 is 1.29 bits per heavy atom. The Hall–Kier alpha value is -1.33. The number of thiazole rings is 1. The molecule has 0 bridgehead atoms. The summed E-state index contributed by atoms with van der Waals surface area (Å²) >= 11 is 1.39. The highest BCUT2D eigenvalue weighted by Gasteiger charge is 2.22. The number of benzene rings is 1. The van der Waals surface area contributed by atoms with Gasteiger partial charge >= 0.3 is 0 Å². The summed E-state index contributed by atoms with van der Waals surface area (Å²) in [5.41, 5.74) is 0.867. The van der Waals surface area contributed by atoms with Crippen molar-refractivity contribution in [3.8, 4) is 0 Å². The first-order chi connectivity index (χ1) is 8.13. The molecule has 0 saturated heterocycles. The average Bonchev–Trinajstić information content (AvgIpc) is 2.70. The summed E-state index contributed by atoms with van der Waals surface area (Å²) in [5, 5.41) is 5.42. The van der Waals surface area contributed by atoms with Crippen molar-refractivity contribution in [3.63, 3.8) is 0 Å². The van der Waals surface area contributed by atoms with Crippen molar-refractivity contribution in [1.82, 2.24) is 10.3 Å². The molecule has 0 amide bonds. The summed E-state index contributed by atoms with van der Waals surface area (Å²) in [7, 11) is 1.66. The van der Waals surface area contributed by atoms with Crippen LogP contribution in [-0.2, 0) is 0 Å². The van der Waals surface area contributed by atoms with E-state index in [1.165, 1.54) is 29.5 Å². The molecule has 0 aliphatic rings. The van der Waals surface area contributed by atoms with Gasteiger partial charge in [0.25, 0.3) is 0 Å². The van der Waals surface area contributed by atoms with E-state index in [0.717, 1.165) is 5.69 Å². The maximum Gasteiger partial charge on any atom is 0.131 e. The lowest BCUT2D eigenvalue weighted by Gasteiger charge is -2.15. The Balaban J connectivity index is 2.49. The number of hydrogen-bond donors (Lipinski definition) is 1. The van der Waals surface area contributed by atoms with E-state index in [1.807, 2.05) is 12.3 Å². The van der Waals surface area contributed by atoms with Gasteiger partial charge in [-0.25, -0.2) is 13.8 Å². The molecule has 17 heavy (non-hydrogen) atoms. The van der Waals surface area contributed by atoms with E-state index in [1.54, 1.807) is 7.05 Å². The Labute approximate surface area is 102 Å². The number of nitrogens with zero attached hydrogens (tertiary/aromatic N) is 1. The third-order valence-electron chi connectivity index (χ3n) is 2.46. The quantitative estimate of drug-likeness (QED) is 0.910. The largest absolute Gasteiger partial charge is 0.307 e. The van der Waals surface area contributed by atoms with Crippen LogP contribution in [0.5, 0.6) is 0 Å². The summed E-state index contributed by atoms with van der Waals surface area (Å²) in [6.07, 6.45) is 0. The van der Waals surface area contributed by atoms with Crippen LogP contribution in [-0.4, -0.2) is 12.0 Å². The van der Waals surface area contributed by atoms with Gasteiger partial charge in [-0.3, -0.25) is 0 Å². The van der Waals surface area contributed by atoms with E-state index in [-0.39, 0.29) is 5.56 Å². The summed E-state index contributed by atoms with van der Waals surface area (Å²) in [6, 6.07) is 3.32. The Morgan fingerprint density at radius 2 is 1.94 bits per heavy atom. The van der Waals surface area contributed by atoms with Gasteiger partial charge in [0.05, 0.1) is 6.04 Å². The molecule has 2 aromatic rings. The molecule has 2 rings (SSSR count). The summed E-state index contributed by atoms with van der Waals surface area (Å²) in [6.45, 7) is 1.85. The monoisotopic (exact) mass is 254 g/mol. The summed E-state index contributed by atoms with van der Waals surface area (Å²) < 4.78 is 27.4. The third-order valence-corrected chi connectivity index (χ3v) is 3.49. The summed E-state index contributed by atoms with van der Waals surface area (Å²) in [4.78, 5) is 4.26. The fourth-order valence-corrected chi connectivity index (χ4v) is 2.60. The van der Waals surface area contributed by atoms with Crippen LogP contribution in [0.15, 0.2) is 23.6 Å². The third kappa shape index (κ3) is 2.35. The fourth-order valence-electron chi connectivity index (χ4n) is 1.68. The van der Waals surface area contributed by atoms with Crippen molar-refractivity contribution in [2.24, 2.45) is 0 Å². The number of halogens is 2. The molecule has 5 heteroatoms. The Bertz CT molecular complexity index is 505. The maximum absolute atomic E-state index is 13.7. The molecule has 90 valence electrons. The van der Waals surface area contributed by atoms with Gasteiger partial charge in [-0.05, 0) is 26.1 Å².